The van der Waals surface area contributed by atoms with Crippen molar-refractivity contribution in [3.05, 3.63) is 12.4 Å². The van der Waals surface area contributed by atoms with Crippen LogP contribution in [-0.2, 0) is 4.79 Å². The van der Waals surface area contributed by atoms with Gasteiger partial charge in [0, 0.05) is 19.1 Å². The first kappa shape index (κ1) is 13.9. The van der Waals surface area contributed by atoms with Gasteiger partial charge in [0.25, 0.3) is 5.91 Å². The molecule has 1 aliphatic heterocycles. The topological polar surface area (TPSA) is 47.4 Å². The first-order valence-electron chi connectivity index (χ1n) is 7.07. The Labute approximate surface area is 114 Å². The zero-order valence-corrected chi connectivity index (χ0v) is 12.0. The van der Waals surface area contributed by atoms with Crippen LogP contribution in [0.15, 0.2) is 12.4 Å². The predicted octanol–water partition coefficient (Wildman–Crippen LogP) is 2.24. The summed E-state index contributed by atoms with van der Waals surface area (Å²) in [6.45, 7) is 7.64. The Bertz CT molecular complexity index is 422. The lowest BCUT2D eigenvalue weighted by Crippen LogP contribution is -2.43. The molecule has 2 heterocycles. The van der Waals surface area contributed by atoms with Gasteiger partial charge in [0.2, 0.25) is 0 Å². The van der Waals surface area contributed by atoms with E-state index in [0.717, 1.165) is 25.9 Å². The van der Waals surface area contributed by atoms with Crippen molar-refractivity contribution in [3.63, 3.8) is 0 Å². The summed E-state index contributed by atoms with van der Waals surface area (Å²) in [5, 5.41) is 4.21. The van der Waals surface area contributed by atoms with Crippen LogP contribution in [0.4, 0.5) is 0 Å². The molecule has 1 unspecified atom stereocenters. The van der Waals surface area contributed by atoms with Gasteiger partial charge < -0.3 is 9.64 Å². The van der Waals surface area contributed by atoms with Crippen LogP contribution in [-0.4, -0.2) is 39.8 Å². The van der Waals surface area contributed by atoms with Crippen molar-refractivity contribution in [2.24, 2.45) is 0 Å². The minimum Gasteiger partial charge on any atom is -0.478 e. The Morgan fingerprint density at radius 3 is 2.53 bits per heavy atom. The lowest BCUT2D eigenvalue weighted by Gasteiger charge is -2.29. The summed E-state index contributed by atoms with van der Waals surface area (Å²) < 4.78 is 7.51. The Morgan fingerprint density at radius 1 is 1.26 bits per heavy atom. The number of nitrogens with zero attached hydrogens (tertiary/aromatic N) is 3. The van der Waals surface area contributed by atoms with Crippen LogP contribution < -0.4 is 4.74 Å². The van der Waals surface area contributed by atoms with E-state index in [-0.39, 0.29) is 5.91 Å². The fraction of sp³-hybridized carbons (Fsp3) is 0.714. The van der Waals surface area contributed by atoms with Crippen molar-refractivity contribution in [2.45, 2.75) is 52.2 Å². The van der Waals surface area contributed by atoms with Crippen LogP contribution >= 0.6 is 0 Å². The molecule has 106 valence electrons. The molecule has 1 aromatic heterocycles. The maximum atomic E-state index is 12.2. The fourth-order valence-electron chi connectivity index (χ4n) is 2.29. The molecule has 1 saturated heterocycles. The fourth-order valence-corrected chi connectivity index (χ4v) is 2.29. The van der Waals surface area contributed by atoms with Gasteiger partial charge in [-0.2, -0.15) is 5.10 Å². The maximum absolute atomic E-state index is 12.2. The van der Waals surface area contributed by atoms with E-state index in [0.29, 0.717) is 11.8 Å². The van der Waals surface area contributed by atoms with Gasteiger partial charge in [0.1, 0.15) is 0 Å². The van der Waals surface area contributed by atoms with Gasteiger partial charge in [0.05, 0.1) is 12.4 Å². The van der Waals surface area contributed by atoms with Crippen molar-refractivity contribution in [1.29, 1.82) is 0 Å². The number of rotatable bonds is 4. The quantitative estimate of drug-likeness (QED) is 0.839. The van der Waals surface area contributed by atoms with Crippen molar-refractivity contribution in [3.8, 4) is 5.75 Å². The number of hydrogen-bond acceptors (Lipinski definition) is 3. The van der Waals surface area contributed by atoms with Crippen molar-refractivity contribution < 1.29 is 9.53 Å². The van der Waals surface area contributed by atoms with Gasteiger partial charge in [-0.25, -0.2) is 0 Å². The van der Waals surface area contributed by atoms with E-state index in [1.807, 2.05) is 22.7 Å². The first-order valence-corrected chi connectivity index (χ1v) is 7.07. The minimum atomic E-state index is -0.442. The summed E-state index contributed by atoms with van der Waals surface area (Å²) in [6.07, 6.45) is 6.49. The first-order chi connectivity index (χ1) is 9.08. The highest BCUT2D eigenvalue weighted by Gasteiger charge is 2.23. The standard InChI is InChI=1S/C14H23N3O2/c1-11(2)17-10-13(9-15-17)19-12(3)14(18)16-7-5-4-6-8-16/h9-12H,4-8H2,1-3H3. The summed E-state index contributed by atoms with van der Waals surface area (Å²) in [7, 11) is 0. The predicted molar refractivity (Wildman–Crippen MR) is 73.1 cm³/mol. The third-order valence-electron chi connectivity index (χ3n) is 3.44. The second kappa shape index (κ2) is 6.08. The number of piperidine rings is 1. The lowest BCUT2D eigenvalue weighted by atomic mass is 10.1. The summed E-state index contributed by atoms with van der Waals surface area (Å²) in [5.41, 5.74) is 0. The molecule has 1 aliphatic rings. The molecule has 0 N–H and O–H groups in total. The molecule has 1 aromatic rings. The largest absolute Gasteiger partial charge is 0.478 e. The van der Waals surface area contributed by atoms with Gasteiger partial charge in [-0.1, -0.05) is 0 Å². The molecule has 0 spiro atoms. The molecular weight excluding hydrogens is 242 g/mol. The average Bonchev–Trinajstić information content (AvgIpc) is 2.87. The van der Waals surface area contributed by atoms with Crippen molar-refractivity contribution >= 4 is 5.91 Å². The van der Waals surface area contributed by atoms with E-state index in [1.165, 1.54) is 6.42 Å². The van der Waals surface area contributed by atoms with Gasteiger partial charge >= 0.3 is 0 Å². The maximum Gasteiger partial charge on any atom is 0.263 e. The van der Waals surface area contributed by atoms with Crippen LogP contribution in [0, 0.1) is 0 Å². The molecule has 0 saturated carbocycles. The molecule has 5 nitrogen and oxygen atoms in total. The van der Waals surface area contributed by atoms with Crippen molar-refractivity contribution in [2.75, 3.05) is 13.1 Å². The third kappa shape index (κ3) is 3.49. The molecule has 19 heavy (non-hydrogen) atoms. The lowest BCUT2D eigenvalue weighted by molar-refractivity contribution is -0.138. The average molecular weight is 265 g/mol. The molecule has 0 aromatic carbocycles. The number of carbonyl (C=O) groups excluding carboxylic acids is 1. The van der Waals surface area contributed by atoms with Crippen LogP contribution in [0.5, 0.6) is 5.75 Å². The highest BCUT2D eigenvalue weighted by atomic mass is 16.5. The van der Waals surface area contributed by atoms with Gasteiger partial charge in [-0.15, -0.1) is 0 Å². The highest BCUT2D eigenvalue weighted by Crippen LogP contribution is 2.16. The molecule has 0 radical (unpaired) electrons. The Kier molecular flexibility index (Phi) is 4.45. The van der Waals surface area contributed by atoms with E-state index >= 15 is 0 Å². The Balaban J connectivity index is 1.91. The molecule has 1 amide bonds. The molecule has 1 fully saturated rings. The summed E-state index contributed by atoms with van der Waals surface area (Å²) in [6, 6.07) is 0.297. The zero-order valence-electron chi connectivity index (χ0n) is 12.0. The van der Waals surface area contributed by atoms with Crippen molar-refractivity contribution in [1.82, 2.24) is 14.7 Å². The number of hydrogen-bond donors (Lipinski definition) is 0. The van der Waals surface area contributed by atoms with Gasteiger partial charge in [0.15, 0.2) is 11.9 Å². The van der Waals surface area contributed by atoms with E-state index in [9.17, 15) is 4.79 Å². The van der Waals surface area contributed by atoms with Gasteiger partial charge in [-0.05, 0) is 40.0 Å². The molecule has 0 bridgehead atoms. The number of likely N-dealkylation sites (tertiary alicyclic amines) is 1. The second-order valence-electron chi connectivity index (χ2n) is 5.40. The molecule has 1 atom stereocenters. The summed E-state index contributed by atoms with van der Waals surface area (Å²) in [5.74, 6) is 0.739. The smallest absolute Gasteiger partial charge is 0.263 e. The van der Waals surface area contributed by atoms with Crippen LogP contribution in [0.3, 0.4) is 0 Å². The van der Waals surface area contributed by atoms with Gasteiger partial charge in [-0.3, -0.25) is 9.48 Å². The SMILES string of the molecule is CC(Oc1cnn(C(C)C)c1)C(=O)N1CCCCC1. The number of carbonyl (C=O) groups is 1. The second-order valence-corrected chi connectivity index (χ2v) is 5.40. The van der Waals surface area contributed by atoms with E-state index < -0.39 is 6.10 Å². The van der Waals surface area contributed by atoms with E-state index in [2.05, 4.69) is 18.9 Å². The normalized spacial score (nSPS) is 17.6. The number of amides is 1. The van der Waals surface area contributed by atoms with Crippen LogP contribution in [0.25, 0.3) is 0 Å². The summed E-state index contributed by atoms with van der Waals surface area (Å²) >= 11 is 0. The van der Waals surface area contributed by atoms with E-state index in [4.69, 9.17) is 4.74 Å². The highest BCUT2D eigenvalue weighted by molar-refractivity contribution is 5.80. The van der Waals surface area contributed by atoms with Crippen LogP contribution in [0.2, 0.25) is 0 Å². The molecule has 2 rings (SSSR count). The minimum absolute atomic E-state index is 0.0806. The monoisotopic (exact) mass is 265 g/mol. The number of ether oxygens (including phenoxy) is 1. The molecular formula is C14H23N3O2. The van der Waals surface area contributed by atoms with E-state index in [1.54, 1.807) is 6.20 Å². The molecule has 0 aliphatic carbocycles. The molecule has 5 heteroatoms. The number of aromatic nitrogens is 2. The Morgan fingerprint density at radius 2 is 1.95 bits per heavy atom. The van der Waals surface area contributed by atoms with Crippen LogP contribution in [0.1, 0.15) is 46.1 Å². The Hall–Kier alpha value is -1.52. The zero-order chi connectivity index (χ0) is 13.8. The third-order valence-corrected chi connectivity index (χ3v) is 3.44. The summed E-state index contributed by atoms with van der Waals surface area (Å²) in [4.78, 5) is 14.1.